The molecule has 21 heavy (non-hydrogen) atoms. The van der Waals surface area contributed by atoms with Gasteiger partial charge in [-0.3, -0.25) is 4.90 Å². The van der Waals surface area contributed by atoms with E-state index in [1.54, 1.807) is 26.2 Å². The largest absolute Gasteiger partial charge is 0.330 e. The number of hydrogen-bond donors (Lipinski definition) is 1. The molecule has 0 radical (unpaired) electrons. The smallest absolute Gasteiger partial charge is 0.242 e. The molecule has 2 N–H and O–H groups in total. The van der Waals surface area contributed by atoms with Crippen LogP contribution in [-0.4, -0.2) is 51.4 Å². The van der Waals surface area contributed by atoms with Gasteiger partial charge in [-0.1, -0.05) is 12.1 Å². The lowest BCUT2D eigenvalue weighted by Crippen LogP contribution is -2.37. The van der Waals surface area contributed by atoms with Crippen molar-refractivity contribution in [2.75, 3.05) is 33.7 Å². The average Bonchev–Trinajstić information content (AvgIpc) is 2.48. The summed E-state index contributed by atoms with van der Waals surface area (Å²) < 4.78 is 25.3. The van der Waals surface area contributed by atoms with Crippen LogP contribution in [0.3, 0.4) is 0 Å². The highest BCUT2D eigenvalue weighted by molar-refractivity contribution is 7.89. The molecule has 1 aliphatic heterocycles. The van der Waals surface area contributed by atoms with Crippen LogP contribution < -0.4 is 5.73 Å². The molecule has 1 heterocycles. The number of nitrogens with zero attached hydrogens (tertiary/aromatic N) is 2. The Bertz CT molecular complexity index is 555. The minimum atomic E-state index is -3.34. The van der Waals surface area contributed by atoms with Crippen LogP contribution in [0, 0.1) is 5.92 Å². The van der Waals surface area contributed by atoms with E-state index in [1.807, 2.05) is 12.1 Å². The molecule has 0 aromatic heterocycles. The van der Waals surface area contributed by atoms with Gasteiger partial charge in [-0.15, -0.1) is 0 Å². The summed E-state index contributed by atoms with van der Waals surface area (Å²) in [5.41, 5.74) is 6.90. The Balaban J connectivity index is 2.03. The topological polar surface area (TPSA) is 66.6 Å². The predicted octanol–water partition coefficient (Wildman–Crippen LogP) is 1.11. The van der Waals surface area contributed by atoms with E-state index in [4.69, 9.17) is 5.73 Å². The summed E-state index contributed by atoms with van der Waals surface area (Å²) in [7, 11) is -0.245. The van der Waals surface area contributed by atoms with Gasteiger partial charge in [-0.2, -0.15) is 0 Å². The lowest BCUT2D eigenvalue weighted by atomic mass is 9.98. The maximum atomic E-state index is 12.0. The van der Waals surface area contributed by atoms with Crippen LogP contribution in [0.1, 0.15) is 18.4 Å². The number of rotatable bonds is 5. The Hall–Kier alpha value is -0.950. The van der Waals surface area contributed by atoms with E-state index >= 15 is 0 Å². The standard InChI is InChI=1S/C15H25N3O2S/c1-17(2)21(19,20)15-7-5-13(6-8-15)11-18-9-3-4-14(10-16)12-18/h5-8,14H,3-4,9-12,16H2,1-2H3. The summed E-state index contributed by atoms with van der Waals surface area (Å²) in [5, 5.41) is 0. The van der Waals surface area contributed by atoms with Gasteiger partial charge in [0.1, 0.15) is 0 Å². The first-order valence-electron chi connectivity index (χ1n) is 7.37. The summed E-state index contributed by atoms with van der Waals surface area (Å²) in [6, 6.07) is 7.19. The summed E-state index contributed by atoms with van der Waals surface area (Å²) in [4.78, 5) is 2.74. The molecule has 0 bridgehead atoms. The second kappa shape index (κ2) is 6.87. The van der Waals surface area contributed by atoms with Gasteiger partial charge in [0.15, 0.2) is 0 Å². The third kappa shape index (κ3) is 4.03. The van der Waals surface area contributed by atoms with Gasteiger partial charge in [0.25, 0.3) is 0 Å². The number of sulfonamides is 1. The van der Waals surface area contributed by atoms with Crippen molar-refractivity contribution in [3.05, 3.63) is 29.8 Å². The first-order valence-corrected chi connectivity index (χ1v) is 8.81. The second-order valence-corrected chi connectivity index (χ2v) is 8.06. The molecular weight excluding hydrogens is 286 g/mol. The quantitative estimate of drug-likeness (QED) is 0.884. The van der Waals surface area contributed by atoms with Crippen LogP contribution >= 0.6 is 0 Å². The zero-order valence-electron chi connectivity index (χ0n) is 12.8. The van der Waals surface area contributed by atoms with Crippen LogP contribution in [0.4, 0.5) is 0 Å². The number of hydrogen-bond acceptors (Lipinski definition) is 4. The van der Waals surface area contributed by atoms with Gasteiger partial charge in [-0.25, -0.2) is 12.7 Å². The molecule has 1 unspecified atom stereocenters. The molecule has 118 valence electrons. The van der Waals surface area contributed by atoms with Gasteiger partial charge in [0, 0.05) is 27.2 Å². The van der Waals surface area contributed by atoms with Crippen molar-refractivity contribution in [2.45, 2.75) is 24.3 Å². The van der Waals surface area contributed by atoms with Gasteiger partial charge < -0.3 is 5.73 Å². The van der Waals surface area contributed by atoms with E-state index in [9.17, 15) is 8.42 Å². The van der Waals surface area contributed by atoms with Gasteiger partial charge in [0.05, 0.1) is 4.90 Å². The SMILES string of the molecule is CN(C)S(=O)(=O)c1ccc(CN2CCCC(CN)C2)cc1. The van der Waals surface area contributed by atoms with Crippen molar-refractivity contribution < 1.29 is 8.42 Å². The Morgan fingerprint density at radius 3 is 2.52 bits per heavy atom. The zero-order chi connectivity index (χ0) is 15.5. The van der Waals surface area contributed by atoms with E-state index in [1.165, 1.54) is 17.1 Å². The lowest BCUT2D eigenvalue weighted by molar-refractivity contribution is 0.171. The van der Waals surface area contributed by atoms with Crippen LogP contribution in [0.5, 0.6) is 0 Å². The van der Waals surface area contributed by atoms with Crippen molar-refractivity contribution in [3.63, 3.8) is 0 Å². The zero-order valence-corrected chi connectivity index (χ0v) is 13.6. The summed E-state index contributed by atoms with van der Waals surface area (Å²) in [5.74, 6) is 0.590. The first-order chi connectivity index (χ1) is 9.93. The Kier molecular flexibility index (Phi) is 5.37. The fraction of sp³-hybridized carbons (Fsp3) is 0.600. The molecule has 2 rings (SSSR count). The second-order valence-electron chi connectivity index (χ2n) is 5.91. The van der Waals surface area contributed by atoms with E-state index in [0.29, 0.717) is 10.8 Å². The highest BCUT2D eigenvalue weighted by Gasteiger charge is 2.20. The van der Waals surface area contributed by atoms with Crippen LogP contribution in [0.25, 0.3) is 0 Å². The number of likely N-dealkylation sites (tertiary alicyclic amines) is 1. The molecule has 1 atom stereocenters. The molecule has 0 spiro atoms. The summed E-state index contributed by atoms with van der Waals surface area (Å²) >= 11 is 0. The summed E-state index contributed by atoms with van der Waals surface area (Å²) in [6.07, 6.45) is 2.40. The van der Waals surface area contributed by atoms with Crippen molar-refractivity contribution in [1.29, 1.82) is 0 Å². The summed E-state index contributed by atoms with van der Waals surface area (Å²) in [6.45, 7) is 3.73. The molecule has 1 aromatic carbocycles. The Morgan fingerprint density at radius 2 is 1.95 bits per heavy atom. The van der Waals surface area contributed by atoms with Gasteiger partial charge >= 0.3 is 0 Å². The van der Waals surface area contributed by atoms with Crippen molar-refractivity contribution in [1.82, 2.24) is 9.21 Å². The average molecular weight is 311 g/mol. The molecule has 1 fully saturated rings. The predicted molar refractivity (Wildman–Crippen MR) is 84.4 cm³/mol. The first kappa shape index (κ1) is 16.4. The van der Waals surface area contributed by atoms with E-state index in [2.05, 4.69) is 4.90 Å². The molecule has 1 aliphatic rings. The molecule has 6 heteroatoms. The molecule has 0 aliphatic carbocycles. The molecule has 0 amide bonds. The third-order valence-electron chi connectivity index (χ3n) is 4.04. The van der Waals surface area contributed by atoms with Gasteiger partial charge in [-0.05, 0) is 49.5 Å². The monoisotopic (exact) mass is 311 g/mol. The third-order valence-corrected chi connectivity index (χ3v) is 5.87. The highest BCUT2D eigenvalue weighted by Crippen LogP contribution is 2.19. The lowest BCUT2D eigenvalue weighted by Gasteiger charge is -2.32. The normalized spacial score (nSPS) is 20.9. The fourth-order valence-electron chi connectivity index (χ4n) is 2.72. The highest BCUT2D eigenvalue weighted by atomic mass is 32.2. The molecule has 1 aromatic rings. The minimum absolute atomic E-state index is 0.342. The number of nitrogens with two attached hydrogens (primary N) is 1. The van der Waals surface area contributed by atoms with Crippen LogP contribution in [-0.2, 0) is 16.6 Å². The van der Waals surface area contributed by atoms with E-state index < -0.39 is 10.0 Å². The maximum absolute atomic E-state index is 12.0. The van der Waals surface area contributed by atoms with Crippen LogP contribution in [0.15, 0.2) is 29.2 Å². The Morgan fingerprint density at radius 1 is 1.29 bits per heavy atom. The van der Waals surface area contributed by atoms with E-state index in [0.717, 1.165) is 31.7 Å². The van der Waals surface area contributed by atoms with Gasteiger partial charge in [0.2, 0.25) is 10.0 Å². The van der Waals surface area contributed by atoms with Crippen molar-refractivity contribution >= 4 is 10.0 Å². The molecular formula is C15H25N3O2S. The fourth-order valence-corrected chi connectivity index (χ4v) is 3.62. The molecule has 5 nitrogen and oxygen atoms in total. The maximum Gasteiger partial charge on any atom is 0.242 e. The Labute approximate surface area is 127 Å². The number of piperidine rings is 1. The number of benzene rings is 1. The molecule has 1 saturated heterocycles. The van der Waals surface area contributed by atoms with Crippen molar-refractivity contribution in [3.8, 4) is 0 Å². The van der Waals surface area contributed by atoms with Crippen molar-refractivity contribution in [2.24, 2.45) is 11.7 Å². The van der Waals surface area contributed by atoms with Crippen LogP contribution in [0.2, 0.25) is 0 Å². The minimum Gasteiger partial charge on any atom is -0.330 e. The molecule has 0 saturated carbocycles. The van der Waals surface area contributed by atoms with E-state index in [-0.39, 0.29) is 0 Å².